The zero-order chi connectivity index (χ0) is 28.9. The van der Waals surface area contributed by atoms with E-state index in [9.17, 15) is 31.3 Å². The molecule has 2 unspecified atom stereocenters. The number of aromatic nitrogens is 1. The van der Waals surface area contributed by atoms with Crippen LogP contribution in [0, 0.1) is 11.6 Å². The van der Waals surface area contributed by atoms with Crippen molar-refractivity contribution in [3.8, 4) is 0 Å². The molecule has 1 N–H and O–H groups in total. The van der Waals surface area contributed by atoms with Gasteiger partial charge in [0.05, 0.1) is 30.6 Å². The lowest BCUT2D eigenvalue weighted by Gasteiger charge is -2.36. The second kappa shape index (κ2) is 10.3. The van der Waals surface area contributed by atoms with Crippen LogP contribution in [0.4, 0.5) is 32.4 Å². The first kappa shape index (κ1) is 29.1. The molecular weight excluding hydrogens is 545 g/mol. The standard InChI is InChI=1S/C26H30F5N3O4S/c1-25(2,3)38-24(35)34-19-9-10-33(14-15(19)11-20(34)23-17(27)7-6-8-18(23)28)21-13-32-22(39(5,36)37-4)12-16(21)26(29,30)31/h6-8,12-13,20,36H,9-11,14H2,1-5H3. The SMILES string of the molecule is COS(C)(O)c1cc(C(F)(F)F)c(N2CCC3=C(CC(c4c(F)cccc4F)N3C(=O)OC(C)(C)C)C2)cn1. The lowest BCUT2D eigenvalue weighted by Crippen LogP contribution is -2.39. The smallest absolute Gasteiger partial charge is 0.418 e. The van der Waals surface area contributed by atoms with Crippen LogP contribution in [-0.2, 0) is 15.1 Å². The molecule has 4 rings (SSSR count). The molecule has 3 heterocycles. The van der Waals surface area contributed by atoms with E-state index in [-0.39, 0.29) is 42.2 Å². The van der Waals surface area contributed by atoms with Crippen LogP contribution in [0.15, 0.2) is 46.8 Å². The van der Waals surface area contributed by atoms with Crippen LogP contribution in [0.25, 0.3) is 0 Å². The summed E-state index contributed by atoms with van der Waals surface area (Å²) in [5, 5.41) is -0.231. The molecule has 1 aromatic carbocycles. The topological polar surface area (TPSA) is 75.1 Å². The molecule has 0 bridgehead atoms. The second-order valence-electron chi connectivity index (χ2n) is 10.4. The van der Waals surface area contributed by atoms with Crippen molar-refractivity contribution in [3.05, 3.63) is 64.5 Å². The molecule has 0 saturated carbocycles. The van der Waals surface area contributed by atoms with Gasteiger partial charge in [-0.25, -0.2) is 18.6 Å². The van der Waals surface area contributed by atoms with Crippen molar-refractivity contribution in [2.24, 2.45) is 0 Å². The maximum Gasteiger partial charge on any atom is 0.418 e. The maximum atomic E-state index is 14.8. The summed E-state index contributed by atoms with van der Waals surface area (Å²) in [7, 11) is -1.81. The minimum atomic E-state index is -4.76. The third kappa shape index (κ3) is 5.85. The van der Waals surface area contributed by atoms with Crippen molar-refractivity contribution in [2.75, 3.05) is 31.4 Å². The summed E-state index contributed by atoms with van der Waals surface area (Å²) < 4.78 is 92.8. The summed E-state index contributed by atoms with van der Waals surface area (Å²) in [6.07, 6.45) is -3.11. The van der Waals surface area contributed by atoms with Gasteiger partial charge >= 0.3 is 12.3 Å². The van der Waals surface area contributed by atoms with E-state index in [1.807, 2.05) is 0 Å². The lowest BCUT2D eigenvalue weighted by molar-refractivity contribution is -0.137. The van der Waals surface area contributed by atoms with E-state index in [4.69, 9.17) is 8.92 Å². The molecular formula is C26H30F5N3O4S. The Morgan fingerprint density at radius 3 is 2.38 bits per heavy atom. The summed E-state index contributed by atoms with van der Waals surface area (Å²) >= 11 is 0. The Hall–Kier alpha value is -2.90. The largest absolute Gasteiger partial charge is 0.443 e. The highest BCUT2D eigenvalue weighted by molar-refractivity contribution is 8.24. The minimum absolute atomic E-state index is 0.0122. The monoisotopic (exact) mass is 575 g/mol. The molecule has 214 valence electrons. The number of carbonyl (C=O) groups is 1. The van der Waals surface area contributed by atoms with Gasteiger partial charge < -0.3 is 9.64 Å². The third-order valence-corrected chi connectivity index (χ3v) is 8.24. The van der Waals surface area contributed by atoms with Crippen molar-refractivity contribution in [3.63, 3.8) is 0 Å². The molecule has 2 atom stereocenters. The Balaban J connectivity index is 1.74. The Labute approximate surface area is 224 Å². The van der Waals surface area contributed by atoms with Crippen molar-refractivity contribution in [1.29, 1.82) is 0 Å². The van der Waals surface area contributed by atoms with E-state index in [2.05, 4.69) is 4.98 Å². The maximum absolute atomic E-state index is 14.8. The normalized spacial score (nSPS) is 20.5. The van der Waals surface area contributed by atoms with E-state index in [0.29, 0.717) is 11.3 Å². The number of carbonyl (C=O) groups excluding carboxylic acids is 1. The number of rotatable bonds is 4. The average Bonchev–Trinajstić information content (AvgIpc) is 3.20. The fraction of sp³-hybridized carbons (Fsp3) is 0.462. The van der Waals surface area contributed by atoms with Crippen LogP contribution in [0.2, 0.25) is 0 Å². The lowest BCUT2D eigenvalue weighted by atomic mass is 9.99. The van der Waals surface area contributed by atoms with Crippen LogP contribution in [-0.4, -0.2) is 52.6 Å². The van der Waals surface area contributed by atoms with Gasteiger partial charge in [-0.2, -0.15) is 23.8 Å². The first-order chi connectivity index (χ1) is 18.0. The van der Waals surface area contributed by atoms with E-state index >= 15 is 0 Å². The van der Waals surface area contributed by atoms with Crippen LogP contribution in [0.3, 0.4) is 0 Å². The minimum Gasteiger partial charge on any atom is -0.443 e. The molecule has 1 aromatic heterocycles. The molecule has 2 aromatic rings. The Kier molecular flexibility index (Phi) is 7.65. The predicted molar refractivity (Wildman–Crippen MR) is 136 cm³/mol. The zero-order valence-electron chi connectivity index (χ0n) is 22.1. The van der Waals surface area contributed by atoms with Gasteiger partial charge in [-0.1, -0.05) is 6.07 Å². The highest BCUT2D eigenvalue weighted by atomic mass is 32.3. The van der Waals surface area contributed by atoms with Crippen LogP contribution >= 0.6 is 10.6 Å². The first-order valence-corrected chi connectivity index (χ1v) is 14.0. The first-order valence-electron chi connectivity index (χ1n) is 12.1. The van der Waals surface area contributed by atoms with Crippen molar-refractivity contribution in [2.45, 2.75) is 56.5 Å². The molecule has 39 heavy (non-hydrogen) atoms. The van der Waals surface area contributed by atoms with Crippen molar-refractivity contribution >= 4 is 22.4 Å². The summed E-state index contributed by atoms with van der Waals surface area (Å²) in [6.45, 7) is 5.03. The summed E-state index contributed by atoms with van der Waals surface area (Å²) in [6, 6.07) is 3.11. The van der Waals surface area contributed by atoms with Crippen molar-refractivity contribution in [1.82, 2.24) is 9.88 Å². The average molecular weight is 576 g/mol. The van der Waals surface area contributed by atoms with Crippen LogP contribution in [0.1, 0.15) is 50.8 Å². The molecule has 0 spiro atoms. The number of ether oxygens (including phenoxy) is 1. The van der Waals surface area contributed by atoms with E-state index in [1.54, 1.807) is 20.8 Å². The molecule has 0 saturated heterocycles. The van der Waals surface area contributed by atoms with E-state index in [1.165, 1.54) is 29.2 Å². The zero-order valence-corrected chi connectivity index (χ0v) is 22.9. The Morgan fingerprint density at radius 2 is 1.82 bits per heavy atom. The predicted octanol–water partition coefficient (Wildman–Crippen LogP) is 7.05. The summed E-state index contributed by atoms with van der Waals surface area (Å²) in [4.78, 5) is 20.0. The van der Waals surface area contributed by atoms with Crippen molar-refractivity contribution < 1.29 is 40.2 Å². The number of anilines is 1. The molecule has 13 heteroatoms. The fourth-order valence-corrected chi connectivity index (χ4v) is 5.57. The van der Waals surface area contributed by atoms with Crippen LogP contribution < -0.4 is 4.90 Å². The van der Waals surface area contributed by atoms with Gasteiger partial charge in [0, 0.05) is 37.0 Å². The quantitative estimate of drug-likeness (QED) is 0.394. The summed E-state index contributed by atoms with van der Waals surface area (Å²) in [5.74, 6) is -1.67. The third-order valence-electron chi connectivity index (χ3n) is 6.59. The highest BCUT2D eigenvalue weighted by Crippen LogP contribution is 2.51. The molecule has 0 fully saturated rings. The van der Waals surface area contributed by atoms with E-state index < -0.39 is 51.7 Å². The van der Waals surface area contributed by atoms with Gasteiger partial charge in [0.1, 0.15) is 22.3 Å². The molecule has 0 radical (unpaired) electrons. The number of hydrogen-bond acceptors (Lipinski definition) is 6. The molecule has 2 aliphatic rings. The summed E-state index contributed by atoms with van der Waals surface area (Å²) in [5.41, 5.74) is -1.38. The number of pyridine rings is 1. The molecule has 0 aliphatic carbocycles. The Bertz CT molecular complexity index is 1290. The second-order valence-corrected chi connectivity index (χ2v) is 12.8. The number of benzene rings is 1. The number of nitrogens with zero attached hydrogens (tertiary/aromatic N) is 3. The van der Waals surface area contributed by atoms with Gasteiger partial charge in [0.2, 0.25) is 0 Å². The Morgan fingerprint density at radius 1 is 1.18 bits per heavy atom. The number of alkyl halides is 3. The fourth-order valence-electron chi connectivity index (χ4n) is 4.82. The van der Waals surface area contributed by atoms with Crippen LogP contribution in [0.5, 0.6) is 0 Å². The number of hydrogen-bond donors (Lipinski definition) is 1. The highest BCUT2D eigenvalue weighted by Gasteiger charge is 2.44. The van der Waals surface area contributed by atoms with Gasteiger partial charge in [-0.05, 0) is 51.0 Å². The van der Waals surface area contributed by atoms with E-state index in [0.717, 1.165) is 24.4 Å². The van der Waals surface area contributed by atoms with Gasteiger partial charge in [-0.15, -0.1) is 0 Å². The number of amides is 1. The molecule has 7 nitrogen and oxygen atoms in total. The molecule has 1 amide bonds. The number of halogens is 5. The molecule has 2 aliphatic heterocycles. The van der Waals surface area contributed by atoms with Gasteiger partial charge in [0.15, 0.2) is 0 Å². The van der Waals surface area contributed by atoms with Gasteiger partial charge in [0.25, 0.3) is 0 Å². The van der Waals surface area contributed by atoms with Gasteiger partial charge in [-0.3, -0.25) is 13.6 Å².